The summed E-state index contributed by atoms with van der Waals surface area (Å²) in [7, 11) is 0. The second-order valence-electron chi connectivity index (χ2n) is 11.9. The minimum atomic E-state index is -0.650. The Morgan fingerprint density at radius 2 is 0.639 bits per heavy atom. The van der Waals surface area contributed by atoms with E-state index in [1.807, 2.05) is 0 Å². The summed E-state index contributed by atoms with van der Waals surface area (Å²) in [5, 5.41) is 14.5. The molecule has 0 spiro atoms. The van der Waals surface area contributed by atoms with Gasteiger partial charge >= 0.3 is 0 Å². The van der Waals surface area contributed by atoms with Crippen LogP contribution < -0.4 is 11.3 Å². The Labute approximate surface area is 230 Å². The minimum absolute atomic E-state index is 0. The highest BCUT2D eigenvalue weighted by Crippen LogP contribution is 2.35. The van der Waals surface area contributed by atoms with Crippen molar-refractivity contribution in [2.45, 2.75) is 213 Å². The second-order valence-corrected chi connectivity index (χ2v) is 11.9. The molecule has 220 valence electrons. The van der Waals surface area contributed by atoms with Crippen molar-refractivity contribution >= 4 is 0 Å². The van der Waals surface area contributed by atoms with Crippen LogP contribution in [-0.2, 0) is 0 Å². The molecule has 0 rings (SSSR count). The molecule has 0 radical (unpaired) electrons. The predicted molar refractivity (Wildman–Crippen MR) is 164 cm³/mol. The van der Waals surface area contributed by atoms with E-state index in [1.54, 1.807) is 0 Å². The van der Waals surface area contributed by atoms with E-state index in [2.05, 4.69) is 27.7 Å². The third-order valence-electron chi connectivity index (χ3n) is 8.46. The summed E-state index contributed by atoms with van der Waals surface area (Å²) < 4.78 is 0. The number of quaternary nitrogens is 1. The zero-order valence-electron chi connectivity index (χ0n) is 26.3. The maximum atomic E-state index is 14.5. The quantitative estimate of drug-likeness (QED) is 0.0997. The van der Waals surface area contributed by atoms with Crippen molar-refractivity contribution in [1.29, 1.82) is 0 Å². The predicted octanol–water partition coefficient (Wildman–Crippen LogP) is 12.1. The van der Waals surface area contributed by atoms with Crippen molar-refractivity contribution in [3.05, 3.63) is 0 Å². The fourth-order valence-corrected chi connectivity index (χ4v) is 5.95. The summed E-state index contributed by atoms with van der Waals surface area (Å²) in [5.74, 6) is 0.422. The van der Waals surface area contributed by atoms with Crippen LogP contribution in [0.1, 0.15) is 207 Å². The van der Waals surface area contributed by atoms with E-state index in [-0.39, 0.29) is 6.15 Å². The Hall–Kier alpha value is -0.0800. The van der Waals surface area contributed by atoms with E-state index in [9.17, 15) is 5.11 Å². The fourth-order valence-electron chi connectivity index (χ4n) is 5.95. The van der Waals surface area contributed by atoms with Gasteiger partial charge in [-0.1, -0.05) is 213 Å². The molecule has 0 bridgehead atoms. The van der Waals surface area contributed by atoms with Gasteiger partial charge in [0, 0.05) is 0 Å². The Morgan fingerprint density at radius 1 is 0.389 bits per heavy atom. The van der Waals surface area contributed by atoms with Gasteiger partial charge in [0.25, 0.3) is 0 Å². The summed E-state index contributed by atoms with van der Waals surface area (Å²) >= 11 is 0. The van der Waals surface area contributed by atoms with E-state index in [4.69, 9.17) is 0 Å². The molecule has 0 amide bonds. The van der Waals surface area contributed by atoms with Gasteiger partial charge in [0.05, 0.1) is 0 Å². The first-order valence-electron chi connectivity index (χ1n) is 16.8. The molecule has 4 N–H and O–H groups in total. The first kappa shape index (κ1) is 38.1. The van der Waals surface area contributed by atoms with Crippen molar-refractivity contribution in [3.8, 4) is 0 Å². The zero-order valence-corrected chi connectivity index (χ0v) is 26.3. The van der Waals surface area contributed by atoms with Gasteiger partial charge in [-0.3, -0.25) is 0 Å². The highest BCUT2D eigenvalue weighted by Gasteiger charge is 2.26. The first-order chi connectivity index (χ1) is 17.1. The molecule has 0 aliphatic rings. The Balaban J connectivity index is 0. The second kappa shape index (κ2) is 29.5. The van der Waals surface area contributed by atoms with Crippen LogP contribution in [0.3, 0.4) is 0 Å². The van der Waals surface area contributed by atoms with E-state index < -0.39 is 5.60 Å². The van der Waals surface area contributed by atoms with Crippen LogP contribution in [0.4, 0.5) is 0 Å². The van der Waals surface area contributed by atoms with Crippen molar-refractivity contribution in [2.75, 3.05) is 0 Å². The molecule has 2 nitrogen and oxygen atoms in total. The van der Waals surface area contributed by atoms with Gasteiger partial charge in [-0.15, -0.1) is 5.60 Å². The molecule has 0 aliphatic heterocycles. The summed E-state index contributed by atoms with van der Waals surface area (Å²) in [6, 6.07) is 0. The fraction of sp³-hybridized carbons (Fsp3) is 1.00. The molecule has 0 heterocycles. The van der Waals surface area contributed by atoms with Gasteiger partial charge in [-0.05, 0) is 0 Å². The van der Waals surface area contributed by atoms with Crippen LogP contribution in [0.2, 0.25) is 0 Å². The molecule has 0 saturated carbocycles. The highest BCUT2D eigenvalue weighted by atomic mass is 16.3. The largest absolute Gasteiger partial charge is 0.849 e. The lowest BCUT2D eigenvalue weighted by Gasteiger charge is -2.49. The van der Waals surface area contributed by atoms with Gasteiger partial charge in [0.1, 0.15) is 0 Å². The molecule has 0 aliphatic carbocycles. The average molecular weight is 512 g/mol. The lowest BCUT2D eigenvalue weighted by Crippen LogP contribution is -2.50. The standard InChI is InChI=1S/C34H69O.H3N/c1-5-9-13-17-21-25-29-33(30-26-22-18-14-10-6-2)34(35,31-27-23-19-15-11-7-3)32-28-24-20-16-12-8-4;/h33H,5-32H2,1-4H3;1H3/q-1;/p+1. The smallest absolute Gasteiger partial charge is 0.0511 e. The number of hydrogen-bond acceptors (Lipinski definition) is 1. The highest BCUT2D eigenvalue weighted by molar-refractivity contribution is 4.85. The summed E-state index contributed by atoms with van der Waals surface area (Å²) in [4.78, 5) is 0. The third-order valence-corrected chi connectivity index (χ3v) is 8.46. The van der Waals surface area contributed by atoms with E-state index >= 15 is 0 Å². The van der Waals surface area contributed by atoms with E-state index in [0.717, 1.165) is 12.8 Å². The average Bonchev–Trinajstić information content (AvgIpc) is 2.86. The normalized spacial score (nSPS) is 11.8. The number of hydrogen-bond donors (Lipinski definition) is 1. The van der Waals surface area contributed by atoms with Crippen LogP contribution in [0.15, 0.2) is 0 Å². The molecular formula is C34H73NO. The topological polar surface area (TPSA) is 59.6 Å². The number of unbranched alkanes of at least 4 members (excludes halogenated alkanes) is 20. The van der Waals surface area contributed by atoms with Crippen LogP contribution in [0, 0.1) is 5.92 Å². The van der Waals surface area contributed by atoms with Crippen LogP contribution in [0.25, 0.3) is 0 Å². The zero-order chi connectivity index (χ0) is 25.9. The molecule has 0 aromatic carbocycles. The third kappa shape index (κ3) is 23.1. The molecule has 0 fully saturated rings. The molecule has 0 unspecified atom stereocenters. The lowest BCUT2D eigenvalue weighted by molar-refractivity contribution is -0.498. The molecule has 0 atom stereocenters. The van der Waals surface area contributed by atoms with Crippen LogP contribution >= 0.6 is 0 Å². The minimum Gasteiger partial charge on any atom is -0.849 e. The van der Waals surface area contributed by atoms with Crippen molar-refractivity contribution in [2.24, 2.45) is 5.92 Å². The van der Waals surface area contributed by atoms with E-state index in [1.165, 1.54) is 167 Å². The maximum Gasteiger partial charge on any atom is -0.0511 e. The SMILES string of the molecule is CCCCCCCCC(CCCCCCCC)C([O-])(CCCCCCCC)CCCCCCCC.[NH4+]. The van der Waals surface area contributed by atoms with Crippen molar-refractivity contribution in [3.63, 3.8) is 0 Å². The first-order valence-corrected chi connectivity index (χ1v) is 16.8. The van der Waals surface area contributed by atoms with Crippen LogP contribution in [-0.4, -0.2) is 5.60 Å². The van der Waals surface area contributed by atoms with Crippen molar-refractivity contribution in [1.82, 2.24) is 6.15 Å². The van der Waals surface area contributed by atoms with Gasteiger partial charge < -0.3 is 11.3 Å². The van der Waals surface area contributed by atoms with Gasteiger partial charge in [-0.2, -0.15) is 0 Å². The number of rotatable bonds is 29. The molecule has 0 aromatic heterocycles. The summed E-state index contributed by atoms with van der Waals surface area (Å²) in [6.07, 6.45) is 36.1. The molecule has 2 heteroatoms. The monoisotopic (exact) mass is 512 g/mol. The maximum absolute atomic E-state index is 14.5. The van der Waals surface area contributed by atoms with Gasteiger partial charge in [0.2, 0.25) is 0 Å². The Kier molecular flexibility index (Phi) is 31.2. The van der Waals surface area contributed by atoms with Crippen LogP contribution in [0.5, 0.6) is 0 Å². The Morgan fingerprint density at radius 3 is 0.944 bits per heavy atom. The summed E-state index contributed by atoms with van der Waals surface area (Å²) in [5.41, 5.74) is -0.650. The Bertz CT molecular complexity index is 365. The molecular weight excluding hydrogens is 438 g/mol. The van der Waals surface area contributed by atoms with Gasteiger partial charge in [-0.25, -0.2) is 0 Å². The van der Waals surface area contributed by atoms with Gasteiger partial charge in [0.15, 0.2) is 0 Å². The summed E-state index contributed by atoms with van der Waals surface area (Å²) in [6.45, 7) is 9.18. The molecule has 0 saturated heterocycles. The molecule has 36 heavy (non-hydrogen) atoms. The van der Waals surface area contributed by atoms with Crippen molar-refractivity contribution < 1.29 is 5.11 Å². The lowest BCUT2D eigenvalue weighted by atomic mass is 9.74. The molecule has 0 aromatic rings. The van der Waals surface area contributed by atoms with E-state index in [0.29, 0.717) is 5.92 Å².